The normalized spacial score (nSPS) is 14.7. The van der Waals surface area contributed by atoms with Crippen LogP contribution in [0.1, 0.15) is 47.4 Å². The fraction of sp³-hybridized carbons (Fsp3) is 0.0690. The summed E-state index contributed by atoms with van der Waals surface area (Å²) in [7, 11) is 0. The Bertz CT molecular complexity index is 3710. The van der Waals surface area contributed by atoms with Crippen molar-refractivity contribution in [2.75, 3.05) is 0 Å². The maximum absolute atomic E-state index is 5.84. The molecule has 3 nitrogen and oxygen atoms in total. The lowest BCUT2D eigenvalue weighted by Gasteiger charge is -2.30. The SMILES string of the molecule is CC1(C)c2ccccc2-c2nc(-n3c4cc5ccccc5cc4c4c5ccccc5ccc43)c(-c3ccc4c(c3)-c3ccccc3C43c4ccccc4-c4ccccc43)nc21. The van der Waals surface area contributed by atoms with E-state index in [1.807, 2.05) is 0 Å². The number of hydrogen-bond donors (Lipinski definition) is 0. The van der Waals surface area contributed by atoms with Crippen molar-refractivity contribution in [2.24, 2.45) is 0 Å². The summed E-state index contributed by atoms with van der Waals surface area (Å²) in [6.45, 7) is 4.60. The zero-order valence-corrected chi connectivity index (χ0v) is 33.7. The Balaban J connectivity index is 1.11. The van der Waals surface area contributed by atoms with E-state index in [4.69, 9.17) is 9.97 Å². The highest BCUT2D eigenvalue weighted by Gasteiger charge is 2.51. The average molecular weight is 776 g/mol. The van der Waals surface area contributed by atoms with Gasteiger partial charge in [0.25, 0.3) is 0 Å². The van der Waals surface area contributed by atoms with Gasteiger partial charge in [-0.3, -0.25) is 4.57 Å². The van der Waals surface area contributed by atoms with Crippen molar-refractivity contribution in [3.63, 3.8) is 0 Å². The van der Waals surface area contributed by atoms with E-state index in [0.717, 1.165) is 45.1 Å². The van der Waals surface area contributed by atoms with Gasteiger partial charge in [-0.2, -0.15) is 0 Å². The topological polar surface area (TPSA) is 30.7 Å². The Hall–Kier alpha value is -7.62. The van der Waals surface area contributed by atoms with Gasteiger partial charge in [0.2, 0.25) is 0 Å². The van der Waals surface area contributed by atoms with Crippen molar-refractivity contribution < 1.29 is 0 Å². The quantitative estimate of drug-likeness (QED) is 0.175. The van der Waals surface area contributed by atoms with Gasteiger partial charge >= 0.3 is 0 Å². The summed E-state index contributed by atoms with van der Waals surface area (Å²) < 4.78 is 2.41. The van der Waals surface area contributed by atoms with E-state index in [9.17, 15) is 0 Å². The molecule has 61 heavy (non-hydrogen) atoms. The first kappa shape index (κ1) is 33.2. The first-order valence-electron chi connectivity index (χ1n) is 21.3. The van der Waals surface area contributed by atoms with Crippen LogP contribution in [0.5, 0.6) is 0 Å². The van der Waals surface area contributed by atoms with Gasteiger partial charge < -0.3 is 0 Å². The molecule has 0 saturated heterocycles. The summed E-state index contributed by atoms with van der Waals surface area (Å²) in [6.07, 6.45) is 0. The predicted octanol–water partition coefficient (Wildman–Crippen LogP) is 14.2. The summed E-state index contributed by atoms with van der Waals surface area (Å²) in [5.74, 6) is 0.842. The van der Waals surface area contributed by atoms with Crippen LogP contribution in [0.25, 0.3) is 93.9 Å². The van der Waals surface area contributed by atoms with Crippen molar-refractivity contribution in [3.8, 4) is 50.6 Å². The molecule has 1 spiro atoms. The van der Waals surface area contributed by atoms with Crippen molar-refractivity contribution >= 4 is 43.4 Å². The predicted molar refractivity (Wildman–Crippen MR) is 251 cm³/mol. The Morgan fingerprint density at radius 3 is 1.66 bits per heavy atom. The van der Waals surface area contributed by atoms with Crippen LogP contribution >= 0.6 is 0 Å². The largest absolute Gasteiger partial charge is 0.292 e. The molecule has 2 aromatic heterocycles. The lowest BCUT2D eigenvalue weighted by molar-refractivity contribution is 0.635. The molecule has 2 heterocycles. The molecule has 3 aliphatic carbocycles. The van der Waals surface area contributed by atoms with Crippen LogP contribution in [-0.2, 0) is 10.8 Å². The lowest BCUT2D eigenvalue weighted by atomic mass is 9.70. The van der Waals surface area contributed by atoms with Crippen LogP contribution < -0.4 is 0 Å². The zero-order valence-electron chi connectivity index (χ0n) is 33.7. The molecule has 9 aromatic carbocycles. The summed E-state index contributed by atoms with van der Waals surface area (Å²) in [5, 5.41) is 7.32. The first-order valence-corrected chi connectivity index (χ1v) is 21.3. The highest BCUT2D eigenvalue weighted by molar-refractivity contribution is 6.23. The molecule has 0 unspecified atom stereocenters. The summed E-state index contributed by atoms with van der Waals surface area (Å²) in [6, 6.07) is 69.7. The van der Waals surface area contributed by atoms with E-state index in [1.165, 1.54) is 82.4 Å². The molecule has 11 aromatic rings. The van der Waals surface area contributed by atoms with E-state index >= 15 is 0 Å². The maximum Gasteiger partial charge on any atom is 0.165 e. The maximum atomic E-state index is 5.84. The second-order valence-electron chi connectivity index (χ2n) is 17.6. The van der Waals surface area contributed by atoms with Gasteiger partial charge in [-0.05, 0) is 95.9 Å². The summed E-state index contributed by atoms with van der Waals surface area (Å²) in [4.78, 5) is 11.7. The fourth-order valence-electron chi connectivity index (χ4n) is 11.7. The van der Waals surface area contributed by atoms with Crippen LogP contribution in [0, 0.1) is 0 Å². The Labute approximate surface area is 353 Å². The summed E-state index contributed by atoms with van der Waals surface area (Å²) in [5.41, 5.74) is 18.3. The second-order valence-corrected chi connectivity index (χ2v) is 17.6. The molecular formula is C58H37N3. The Morgan fingerprint density at radius 1 is 0.393 bits per heavy atom. The van der Waals surface area contributed by atoms with Crippen molar-refractivity contribution in [3.05, 3.63) is 222 Å². The molecule has 3 heteroatoms. The van der Waals surface area contributed by atoms with Crippen molar-refractivity contribution in [1.29, 1.82) is 0 Å². The number of hydrogen-bond acceptors (Lipinski definition) is 2. The number of aromatic nitrogens is 3. The van der Waals surface area contributed by atoms with Crippen molar-refractivity contribution in [1.82, 2.24) is 14.5 Å². The third-order valence-electron chi connectivity index (χ3n) is 14.3. The third kappa shape index (κ3) is 4.09. The zero-order chi connectivity index (χ0) is 40.2. The second kappa shape index (κ2) is 11.6. The van der Waals surface area contributed by atoms with Crippen LogP contribution in [0.15, 0.2) is 188 Å². The molecule has 0 bridgehead atoms. The van der Waals surface area contributed by atoms with Gasteiger partial charge in [0.1, 0.15) is 5.69 Å². The van der Waals surface area contributed by atoms with Crippen LogP contribution in [0.2, 0.25) is 0 Å². The highest BCUT2D eigenvalue weighted by atomic mass is 15.1. The van der Waals surface area contributed by atoms with E-state index < -0.39 is 5.41 Å². The van der Waals surface area contributed by atoms with E-state index in [-0.39, 0.29) is 5.41 Å². The molecule has 0 aliphatic heterocycles. The smallest absolute Gasteiger partial charge is 0.165 e. The van der Waals surface area contributed by atoms with Gasteiger partial charge in [-0.15, -0.1) is 0 Å². The molecule has 0 fully saturated rings. The molecule has 0 radical (unpaired) electrons. The molecule has 3 aliphatic rings. The van der Waals surface area contributed by atoms with Crippen molar-refractivity contribution in [2.45, 2.75) is 24.7 Å². The minimum Gasteiger partial charge on any atom is -0.292 e. The highest BCUT2D eigenvalue weighted by Crippen LogP contribution is 2.63. The van der Waals surface area contributed by atoms with Gasteiger partial charge in [0.05, 0.1) is 27.8 Å². The molecule has 0 amide bonds. The minimum atomic E-state index is -0.414. The monoisotopic (exact) mass is 775 g/mol. The van der Waals surface area contributed by atoms with Crippen LogP contribution in [0.3, 0.4) is 0 Å². The third-order valence-corrected chi connectivity index (χ3v) is 14.3. The number of nitrogens with zero attached hydrogens (tertiary/aromatic N) is 3. The molecule has 14 rings (SSSR count). The van der Waals surface area contributed by atoms with Crippen LogP contribution in [-0.4, -0.2) is 14.5 Å². The van der Waals surface area contributed by atoms with Crippen LogP contribution in [0.4, 0.5) is 0 Å². The number of fused-ring (bicyclic) bond motifs is 19. The lowest BCUT2D eigenvalue weighted by Crippen LogP contribution is -2.25. The minimum absolute atomic E-state index is 0.329. The average Bonchev–Trinajstić information content (AvgIpc) is 3.97. The number of rotatable bonds is 2. The van der Waals surface area contributed by atoms with Gasteiger partial charge in [0.15, 0.2) is 5.82 Å². The Kier molecular flexibility index (Phi) is 6.30. The van der Waals surface area contributed by atoms with Gasteiger partial charge in [-0.25, -0.2) is 9.97 Å². The van der Waals surface area contributed by atoms with E-state index in [1.54, 1.807) is 0 Å². The van der Waals surface area contributed by atoms with Gasteiger partial charge in [0, 0.05) is 27.3 Å². The molecular weight excluding hydrogens is 739 g/mol. The summed E-state index contributed by atoms with van der Waals surface area (Å²) >= 11 is 0. The molecule has 0 saturated carbocycles. The molecule has 284 valence electrons. The molecule has 0 atom stereocenters. The van der Waals surface area contributed by atoms with E-state index in [2.05, 4.69) is 206 Å². The van der Waals surface area contributed by atoms with E-state index in [0.29, 0.717) is 0 Å². The van der Waals surface area contributed by atoms with Gasteiger partial charge in [-0.1, -0.05) is 178 Å². The number of benzene rings is 9. The standard InChI is InChI=1S/C58H37N3/c1-57(2)45-23-11-10-22-42(45)54-55(57)59-53(56(60-54)61-50-30-28-34-15-5-6-18-38(34)52(50)44-31-35-16-3-4-17-36(35)33-51(44)61)37-27-29-49-43(32-37)41-21-9-14-26-48(41)58(49)46-24-12-7-19-39(46)40-20-8-13-25-47(40)58/h3-33H,1-2H3. The molecule has 0 N–H and O–H groups in total. The Morgan fingerprint density at radius 2 is 0.951 bits per heavy atom. The fourth-order valence-corrected chi connectivity index (χ4v) is 11.7. The first-order chi connectivity index (χ1) is 30.0.